The highest BCUT2D eigenvalue weighted by Crippen LogP contribution is 1.75. The van der Waals surface area contributed by atoms with E-state index in [9.17, 15) is 4.79 Å². The molecule has 0 rings (SSSR count). The minimum absolute atomic E-state index is 0.0405. The molecule has 0 aromatic carbocycles. The molecule has 0 aliphatic carbocycles. The van der Waals surface area contributed by atoms with Gasteiger partial charge in [0, 0.05) is 0 Å². The first kappa shape index (κ1) is 8.79. The van der Waals surface area contributed by atoms with Gasteiger partial charge in [-0.15, -0.1) is 6.42 Å². The smallest absolute Gasteiger partial charge is 0.431 e. The second-order valence-electron chi connectivity index (χ2n) is 1.32. The molecule has 0 atom stereocenters. The normalized spacial score (nSPS) is 8.00. The Hall–Kier alpha value is -1.21. The van der Waals surface area contributed by atoms with E-state index in [-0.39, 0.29) is 6.61 Å². The van der Waals surface area contributed by atoms with Gasteiger partial charge in [0.2, 0.25) is 0 Å². The number of rotatable bonds is 3. The van der Waals surface area contributed by atoms with Crippen LogP contribution >= 0.6 is 0 Å². The van der Waals surface area contributed by atoms with Crippen molar-refractivity contribution in [2.75, 3.05) is 13.2 Å². The van der Waals surface area contributed by atoms with E-state index in [4.69, 9.17) is 6.42 Å². The van der Waals surface area contributed by atoms with E-state index < -0.39 is 6.09 Å². The molecule has 10 heavy (non-hydrogen) atoms. The molecule has 0 aromatic heterocycles. The van der Waals surface area contributed by atoms with Gasteiger partial charge in [0.15, 0.2) is 0 Å². The predicted octanol–water partition coefficient (Wildman–Crippen LogP) is 0.297. The van der Waals surface area contributed by atoms with E-state index in [0.717, 1.165) is 0 Å². The van der Waals surface area contributed by atoms with Gasteiger partial charge in [0.1, 0.15) is 6.61 Å². The Labute approximate surface area is 59.5 Å². The second-order valence-corrected chi connectivity index (χ2v) is 1.32. The Balaban J connectivity index is 3.15. The molecule has 0 saturated heterocycles. The number of hydrogen-bond donors (Lipinski definition) is 1. The number of hydrogen-bond acceptors (Lipinski definition) is 3. The molecule has 0 unspecified atom stereocenters. The van der Waals surface area contributed by atoms with Gasteiger partial charge in [-0.2, -0.15) is 5.48 Å². The number of amides is 1. The summed E-state index contributed by atoms with van der Waals surface area (Å²) in [6.07, 6.45) is 4.19. The minimum atomic E-state index is -0.627. The highest BCUT2D eigenvalue weighted by atomic mass is 16.7. The summed E-state index contributed by atoms with van der Waals surface area (Å²) in [6, 6.07) is 0. The molecular weight excluding hydrogens is 134 g/mol. The van der Waals surface area contributed by atoms with Gasteiger partial charge in [-0.05, 0) is 6.92 Å². The molecule has 4 heteroatoms. The van der Waals surface area contributed by atoms with Crippen LogP contribution < -0.4 is 5.48 Å². The van der Waals surface area contributed by atoms with Crippen LogP contribution in [-0.2, 0) is 9.57 Å². The van der Waals surface area contributed by atoms with E-state index in [1.165, 1.54) is 0 Å². The van der Waals surface area contributed by atoms with Crippen LogP contribution in [0.25, 0.3) is 0 Å². The van der Waals surface area contributed by atoms with Crippen molar-refractivity contribution < 1.29 is 14.4 Å². The van der Waals surface area contributed by atoms with E-state index in [0.29, 0.717) is 6.61 Å². The number of ether oxygens (including phenoxy) is 1. The summed E-state index contributed by atoms with van der Waals surface area (Å²) in [5.74, 6) is 2.17. The second kappa shape index (κ2) is 5.92. The molecule has 0 heterocycles. The van der Waals surface area contributed by atoms with E-state index in [2.05, 4.69) is 15.5 Å². The summed E-state index contributed by atoms with van der Waals surface area (Å²) in [5.41, 5.74) is 1.98. The fourth-order valence-electron chi connectivity index (χ4n) is 0.297. The largest absolute Gasteiger partial charge is 0.448 e. The molecular formula is C6H9NO3. The van der Waals surface area contributed by atoms with Crippen molar-refractivity contribution in [3.8, 4) is 12.3 Å². The maximum atomic E-state index is 10.4. The SMILES string of the molecule is C#CCONC(=O)OCC. The summed E-state index contributed by atoms with van der Waals surface area (Å²) >= 11 is 0. The average Bonchev–Trinajstić information content (AvgIpc) is 1.89. The lowest BCUT2D eigenvalue weighted by molar-refractivity contribution is 0.0462. The van der Waals surface area contributed by atoms with Crippen molar-refractivity contribution in [2.45, 2.75) is 6.92 Å². The number of carbonyl (C=O) groups is 1. The molecule has 56 valence electrons. The zero-order valence-corrected chi connectivity index (χ0v) is 5.72. The Bertz CT molecular complexity index is 138. The van der Waals surface area contributed by atoms with Gasteiger partial charge < -0.3 is 4.74 Å². The molecule has 0 aliphatic heterocycles. The molecule has 1 amide bonds. The fraction of sp³-hybridized carbons (Fsp3) is 0.500. The van der Waals surface area contributed by atoms with Crippen molar-refractivity contribution in [2.24, 2.45) is 0 Å². The molecule has 0 fully saturated rings. The van der Waals surface area contributed by atoms with Crippen LogP contribution in [0.15, 0.2) is 0 Å². The standard InChI is InChI=1S/C6H9NO3/c1-3-5-10-7-6(8)9-4-2/h1H,4-5H2,2H3,(H,7,8). The summed E-state index contributed by atoms with van der Waals surface area (Å²) in [5, 5.41) is 0. The van der Waals surface area contributed by atoms with E-state index >= 15 is 0 Å². The third-order valence-corrected chi connectivity index (χ3v) is 0.586. The third-order valence-electron chi connectivity index (χ3n) is 0.586. The minimum Gasteiger partial charge on any atom is -0.448 e. The molecule has 0 bridgehead atoms. The van der Waals surface area contributed by atoms with Crippen LogP contribution in [0.1, 0.15) is 6.92 Å². The summed E-state index contributed by atoms with van der Waals surface area (Å²) in [7, 11) is 0. The van der Waals surface area contributed by atoms with Crippen molar-refractivity contribution in [3.63, 3.8) is 0 Å². The number of carbonyl (C=O) groups excluding carboxylic acids is 1. The molecule has 0 aromatic rings. The number of nitrogens with one attached hydrogen (secondary N) is 1. The molecule has 0 saturated carbocycles. The van der Waals surface area contributed by atoms with Gasteiger partial charge in [-0.25, -0.2) is 4.79 Å². The van der Waals surface area contributed by atoms with Crippen molar-refractivity contribution >= 4 is 6.09 Å². The Morgan fingerprint density at radius 1 is 1.80 bits per heavy atom. The Morgan fingerprint density at radius 3 is 3.00 bits per heavy atom. The first-order valence-corrected chi connectivity index (χ1v) is 2.79. The first-order valence-electron chi connectivity index (χ1n) is 2.79. The summed E-state index contributed by atoms with van der Waals surface area (Å²) in [6.45, 7) is 2.05. The Morgan fingerprint density at radius 2 is 2.50 bits per heavy atom. The summed E-state index contributed by atoms with van der Waals surface area (Å²) < 4.78 is 4.44. The molecule has 4 nitrogen and oxygen atoms in total. The van der Waals surface area contributed by atoms with Crippen molar-refractivity contribution in [3.05, 3.63) is 0 Å². The van der Waals surface area contributed by atoms with Gasteiger partial charge in [-0.3, -0.25) is 4.84 Å². The van der Waals surface area contributed by atoms with E-state index in [1.54, 1.807) is 6.92 Å². The van der Waals surface area contributed by atoms with Crippen LogP contribution in [0.3, 0.4) is 0 Å². The zero-order valence-electron chi connectivity index (χ0n) is 5.72. The highest BCUT2D eigenvalue weighted by Gasteiger charge is 1.96. The number of terminal acetylenes is 1. The van der Waals surface area contributed by atoms with Gasteiger partial charge in [0.25, 0.3) is 0 Å². The van der Waals surface area contributed by atoms with E-state index in [1.807, 2.05) is 5.48 Å². The fourth-order valence-corrected chi connectivity index (χ4v) is 0.297. The average molecular weight is 143 g/mol. The van der Waals surface area contributed by atoms with Gasteiger partial charge in [0.05, 0.1) is 6.61 Å². The maximum absolute atomic E-state index is 10.4. The lowest BCUT2D eigenvalue weighted by Crippen LogP contribution is -2.24. The molecule has 0 radical (unpaired) electrons. The molecule has 0 aliphatic rings. The van der Waals surface area contributed by atoms with Crippen LogP contribution in [0, 0.1) is 12.3 Å². The predicted molar refractivity (Wildman–Crippen MR) is 34.9 cm³/mol. The van der Waals surface area contributed by atoms with Crippen LogP contribution in [0.5, 0.6) is 0 Å². The monoisotopic (exact) mass is 143 g/mol. The van der Waals surface area contributed by atoms with Crippen LogP contribution in [-0.4, -0.2) is 19.3 Å². The molecule has 1 N–H and O–H groups in total. The first-order chi connectivity index (χ1) is 4.81. The number of hydroxylamine groups is 1. The third kappa shape index (κ3) is 4.94. The summed E-state index contributed by atoms with van der Waals surface area (Å²) in [4.78, 5) is 14.8. The topological polar surface area (TPSA) is 47.6 Å². The van der Waals surface area contributed by atoms with Crippen molar-refractivity contribution in [1.29, 1.82) is 0 Å². The molecule has 0 spiro atoms. The highest BCUT2D eigenvalue weighted by molar-refractivity contribution is 5.65. The zero-order chi connectivity index (χ0) is 7.82. The van der Waals surface area contributed by atoms with Crippen molar-refractivity contribution in [1.82, 2.24) is 5.48 Å². The lowest BCUT2D eigenvalue weighted by Gasteiger charge is -2.01. The quantitative estimate of drug-likeness (QED) is 0.351. The van der Waals surface area contributed by atoms with Gasteiger partial charge >= 0.3 is 6.09 Å². The maximum Gasteiger partial charge on any atom is 0.431 e. The lowest BCUT2D eigenvalue weighted by atomic mass is 10.8. The van der Waals surface area contributed by atoms with Crippen LogP contribution in [0.2, 0.25) is 0 Å². The Kier molecular flexibility index (Phi) is 5.20. The van der Waals surface area contributed by atoms with Gasteiger partial charge in [-0.1, -0.05) is 5.92 Å². The van der Waals surface area contributed by atoms with Crippen LogP contribution in [0.4, 0.5) is 4.79 Å².